The van der Waals surface area contributed by atoms with Crippen LogP contribution >= 0.6 is 0 Å². The highest BCUT2D eigenvalue weighted by Gasteiger charge is 2.07. The zero-order chi connectivity index (χ0) is 8.48. The van der Waals surface area contributed by atoms with Crippen molar-refractivity contribution in [3.8, 4) is 5.75 Å². The van der Waals surface area contributed by atoms with Crippen LogP contribution in [0.1, 0.15) is 0 Å². The molecule has 0 spiro atoms. The fraction of sp³-hybridized carbons (Fsp3) is 0. The van der Waals surface area contributed by atoms with Crippen LogP contribution in [0.15, 0.2) is 29.2 Å². The minimum Gasteiger partial charge on any atom is -0.290 e. The maximum absolute atomic E-state index is 10.5. The smallest absolute Gasteiger partial charge is 0.290 e. The van der Waals surface area contributed by atoms with Crippen LogP contribution < -0.4 is 0 Å². The fourth-order valence-electron chi connectivity index (χ4n) is 0.612. The largest absolute Gasteiger partial charge is 0.294 e. The Balaban J connectivity index is 3.20. The first-order valence-electron chi connectivity index (χ1n) is 2.75. The van der Waals surface area contributed by atoms with Gasteiger partial charge in [-0.15, -0.1) is 0 Å². The van der Waals surface area contributed by atoms with E-state index in [9.17, 15) is 13.5 Å². The van der Waals surface area contributed by atoms with Gasteiger partial charge >= 0.3 is 0 Å². The molecule has 0 aliphatic carbocycles. The number of rotatable bonds is 1. The van der Waals surface area contributed by atoms with Crippen molar-refractivity contribution in [3.05, 3.63) is 24.3 Å². The van der Waals surface area contributed by atoms with Gasteiger partial charge in [-0.25, -0.2) is 0 Å². The third-order valence-electron chi connectivity index (χ3n) is 1.12. The fourth-order valence-corrected chi connectivity index (χ4v) is 1.09. The van der Waals surface area contributed by atoms with Gasteiger partial charge in [-0.2, -0.15) is 8.42 Å². The second kappa shape index (κ2) is 2.52. The van der Waals surface area contributed by atoms with E-state index in [1.165, 1.54) is 0 Å². The summed E-state index contributed by atoms with van der Waals surface area (Å²) in [6.45, 7) is 0. The van der Waals surface area contributed by atoms with E-state index < -0.39 is 10.1 Å². The molecule has 1 radical (unpaired) electrons. The lowest BCUT2D eigenvalue weighted by molar-refractivity contribution is 0.354. The lowest BCUT2D eigenvalue weighted by Gasteiger charge is -1.93. The highest BCUT2D eigenvalue weighted by Crippen LogP contribution is 2.13. The molecular weight excluding hydrogens is 168 g/mol. The van der Waals surface area contributed by atoms with Gasteiger partial charge in [0.1, 0.15) is 0 Å². The molecule has 0 aliphatic heterocycles. The second-order valence-electron chi connectivity index (χ2n) is 1.95. The molecule has 1 aromatic rings. The molecule has 0 unspecified atom stereocenters. The van der Waals surface area contributed by atoms with Crippen LogP contribution in [-0.4, -0.2) is 13.0 Å². The third kappa shape index (κ3) is 1.92. The van der Waals surface area contributed by atoms with Crippen LogP contribution in [0.5, 0.6) is 5.75 Å². The molecule has 0 atom stereocenters. The molecule has 0 saturated carbocycles. The molecule has 0 bridgehead atoms. The quantitative estimate of drug-likeness (QED) is 0.645. The van der Waals surface area contributed by atoms with Crippen molar-refractivity contribution < 1.29 is 18.1 Å². The molecule has 0 saturated heterocycles. The molecule has 1 N–H and O–H groups in total. The van der Waals surface area contributed by atoms with Crippen LogP contribution in [0, 0.1) is 0 Å². The van der Waals surface area contributed by atoms with Gasteiger partial charge in [0.05, 0.1) is 4.90 Å². The van der Waals surface area contributed by atoms with Crippen LogP contribution in [0.25, 0.3) is 0 Å². The summed E-state index contributed by atoms with van der Waals surface area (Å²) in [6, 6.07) is 4.25. The van der Waals surface area contributed by atoms with Crippen LogP contribution in [0.4, 0.5) is 0 Å². The van der Waals surface area contributed by atoms with Crippen molar-refractivity contribution in [3.63, 3.8) is 0 Å². The maximum Gasteiger partial charge on any atom is 0.294 e. The first-order chi connectivity index (χ1) is 5.00. The lowest BCUT2D eigenvalue weighted by atomic mass is 10.3. The minimum atomic E-state index is -4.16. The molecule has 0 aliphatic rings. The van der Waals surface area contributed by atoms with Crippen molar-refractivity contribution in [2.75, 3.05) is 0 Å². The predicted molar refractivity (Wildman–Crippen MR) is 36.4 cm³/mol. The second-order valence-corrected chi connectivity index (χ2v) is 3.37. The summed E-state index contributed by atoms with van der Waals surface area (Å²) >= 11 is 0. The van der Waals surface area contributed by atoms with E-state index in [4.69, 9.17) is 4.55 Å². The van der Waals surface area contributed by atoms with Gasteiger partial charge < -0.3 is 0 Å². The van der Waals surface area contributed by atoms with E-state index in [0.29, 0.717) is 0 Å². The first kappa shape index (κ1) is 8.03. The summed E-state index contributed by atoms with van der Waals surface area (Å²) in [4.78, 5) is -0.267. The Morgan fingerprint density at radius 2 is 1.55 bits per heavy atom. The summed E-state index contributed by atoms with van der Waals surface area (Å²) in [6.07, 6.45) is 0. The zero-order valence-electron chi connectivity index (χ0n) is 5.39. The Hall–Kier alpha value is -1.07. The molecule has 11 heavy (non-hydrogen) atoms. The summed E-state index contributed by atoms with van der Waals surface area (Å²) < 4.78 is 29.2. The third-order valence-corrected chi connectivity index (χ3v) is 1.99. The lowest BCUT2D eigenvalue weighted by Crippen LogP contribution is -1.96. The van der Waals surface area contributed by atoms with Gasteiger partial charge in [0.25, 0.3) is 10.1 Å². The van der Waals surface area contributed by atoms with E-state index in [-0.39, 0.29) is 10.6 Å². The monoisotopic (exact) mass is 173 g/mol. The Morgan fingerprint density at radius 3 is 1.91 bits per heavy atom. The highest BCUT2D eigenvalue weighted by atomic mass is 32.2. The molecule has 1 aromatic carbocycles. The van der Waals surface area contributed by atoms with Crippen molar-refractivity contribution in [1.29, 1.82) is 0 Å². The average Bonchev–Trinajstić information content (AvgIpc) is 1.86. The molecule has 1 rings (SSSR count). The van der Waals surface area contributed by atoms with Crippen LogP contribution in [0.3, 0.4) is 0 Å². The van der Waals surface area contributed by atoms with Gasteiger partial charge in [-0.05, 0) is 24.3 Å². The van der Waals surface area contributed by atoms with Crippen molar-refractivity contribution in [1.82, 2.24) is 0 Å². The summed E-state index contributed by atoms with van der Waals surface area (Å²) in [5.74, 6) is -0.294. The van der Waals surface area contributed by atoms with E-state index in [1.54, 1.807) is 0 Å². The van der Waals surface area contributed by atoms with Crippen molar-refractivity contribution in [2.45, 2.75) is 4.90 Å². The summed E-state index contributed by atoms with van der Waals surface area (Å²) in [5.41, 5.74) is 0. The Morgan fingerprint density at radius 1 is 1.09 bits per heavy atom. The molecule has 59 valence electrons. The van der Waals surface area contributed by atoms with Crippen molar-refractivity contribution in [2.24, 2.45) is 0 Å². The molecule has 4 nitrogen and oxygen atoms in total. The van der Waals surface area contributed by atoms with Gasteiger partial charge in [0, 0.05) is 0 Å². The molecular formula is C6H5O4S. The average molecular weight is 173 g/mol. The van der Waals surface area contributed by atoms with Gasteiger partial charge in [0.15, 0.2) is 5.75 Å². The van der Waals surface area contributed by atoms with E-state index in [2.05, 4.69) is 0 Å². The van der Waals surface area contributed by atoms with Crippen LogP contribution in [0.2, 0.25) is 0 Å². The van der Waals surface area contributed by atoms with Gasteiger partial charge in [-0.1, -0.05) is 0 Å². The Kier molecular flexibility index (Phi) is 1.84. The Labute approximate surface area is 63.9 Å². The predicted octanol–water partition coefficient (Wildman–Crippen LogP) is 1.08. The number of hydrogen-bond donors (Lipinski definition) is 1. The SMILES string of the molecule is [O]c1ccc(S(=O)(=O)O)cc1. The highest BCUT2D eigenvalue weighted by molar-refractivity contribution is 7.85. The Bertz CT molecular complexity index is 337. The summed E-state index contributed by atoms with van der Waals surface area (Å²) in [5, 5.41) is 10.5. The molecule has 0 heterocycles. The van der Waals surface area contributed by atoms with Crippen LogP contribution in [-0.2, 0) is 15.2 Å². The van der Waals surface area contributed by atoms with Gasteiger partial charge in [-0.3, -0.25) is 9.66 Å². The maximum atomic E-state index is 10.5. The number of benzene rings is 1. The molecule has 5 heteroatoms. The zero-order valence-corrected chi connectivity index (χ0v) is 6.21. The summed E-state index contributed by atoms with van der Waals surface area (Å²) in [7, 11) is -4.16. The van der Waals surface area contributed by atoms with E-state index in [0.717, 1.165) is 24.3 Å². The van der Waals surface area contributed by atoms with E-state index in [1.807, 2.05) is 0 Å². The van der Waals surface area contributed by atoms with E-state index >= 15 is 0 Å². The molecule has 0 fully saturated rings. The molecule has 0 aromatic heterocycles. The van der Waals surface area contributed by atoms with Crippen molar-refractivity contribution >= 4 is 10.1 Å². The topological polar surface area (TPSA) is 74.3 Å². The molecule has 0 amide bonds. The number of hydrogen-bond acceptors (Lipinski definition) is 2. The van der Waals surface area contributed by atoms with Gasteiger partial charge in [0.2, 0.25) is 0 Å². The first-order valence-corrected chi connectivity index (χ1v) is 4.19. The standard InChI is InChI=1S/C6H5O4S/c7-5-1-3-6(4-2-5)11(8,9)10/h1-4H,(H,8,9,10). The minimum absolute atomic E-state index is 0.267. The normalized spacial score (nSPS) is 11.4.